The molecule has 2 aromatic heterocycles. The molecular formula is C17H23N3O3S. The summed E-state index contributed by atoms with van der Waals surface area (Å²) in [6.45, 7) is 3.02. The number of rotatable bonds is 4. The SMILES string of the molecule is Cc1ccc([C@H]2CCCN2S(=O)(=O)N2CCC[C@@H]2c2ccc[nH]2)o1. The van der Waals surface area contributed by atoms with Gasteiger partial charge >= 0.3 is 0 Å². The lowest BCUT2D eigenvalue weighted by Crippen LogP contribution is -2.43. The zero-order chi connectivity index (χ0) is 16.7. The van der Waals surface area contributed by atoms with Crippen LogP contribution >= 0.6 is 0 Å². The van der Waals surface area contributed by atoms with Gasteiger partial charge in [-0.2, -0.15) is 17.0 Å². The predicted molar refractivity (Wildman–Crippen MR) is 90.5 cm³/mol. The summed E-state index contributed by atoms with van der Waals surface area (Å²) in [7, 11) is -3.52. The number of aromatic nitrogens is 1. The first-order valence-electron chi connectivity index (χ1n) is 8.55. The Kier molecular flexibility index (Phi) is 4.02. The summed E-state index contributed by atoms with van der Waals surface area (Å²) in [5.41, 5.74) is 0.973. The van der Waals surface area contributed by atoms with E-state index in [2.05, 4.69) is 4.98 Å². The first kappa shape index (κ1) is 15.9. The van der Waals surface area contributed by atoms with Crippen molar-refractivity contribution < 1.29 is 12.8 Å². The summed E-state index contributed by atoms with van der Waals surface area (Å²) in [6, 6.07) is 7.41. The van der Waals surface area contributed by atoms with Crippen LogP contribution in [0.1, 0.15) is 55.0 Å². The molecule has 1 N–H and O–H groups in total. The average molecular weight is 349 g/mol. The van der Waals surface area contributed by atoms with E-state index in [9.17, 15) is 8.42 Å². The molecule has 4 rings (SSSR count). The van der Waals surface area contributed by atoms with Gasteiger partial charge in [0, 0.05) is 25.0 Å². The van der Waals surface area contributed by atoms with E-state index in [1.165, 1.54) is 0 Å². The van der Waals surface area contributed by atoms with Crippen molar-refractivity contribution in [2.75, 3.05) is 13.1 Å². The van der Waals surface area contributed by atoms with Crippen molar-refractivity contribution in [3.8, 4) is 0 Å². The van der Waals surface area contributed by atoms with Gasteiger partial charge in [0.1, 0.15) is 11.5 Å². The molecule has 4 heterocycles. The summed E-state index contributed by atoms with van der Waals surface area (Å²) in [5.74, 6) is 1.57. The van der Waals surface area contributed by atoms with Crippen LogP contribution < -0.4 is 0 Å². The second-order valence-electron chi connectivity index (χ2n) is 6.62. The van der Waals surface area contributed by atoms with Gasteiger partial charge in [0.15, 0.2) is 0 Å². The van der Waals surface area contributed by atoms with E-state index in [1.807, 2.05) is 37.4 Å². The van der Waals surface area contributed by atoms with Gasteiger partial charge in [0.25, 0.3) is 10.2 Å². The monoisotopic (exact) mass is 349 g/mol. The number of nitrogens with one attached hydrogen (secondary N) is 1. The lowest BCUT2D eigenvalue weighted by atomic mass is 10.2. The van der Waals surface area contributed by atoms with Crippen molar-refractivity contribution in [2.24, 2.45) is 0 Å². The number of hydrogen-bond acceptors (Lipinski definition) is 3. The number of aromatic amines is 1. The van der Waals surface area contributed by atoms with Gasteiger partial charge in [-0.3, -0.25) is 0 Å². The molecule has 0 unspecified atom stereocenters. The third-order valence-corrected chi connectivity index (χ3v) is 7.13. The fraction of sp³-hybridized carbons (Fsp3) is 0.529. The molecule has 6 nitrogen and oxygen atoms in total. The molecule has 2 aliphatic rings. The summed E-state index contributed by atoms with van der Waals surface area (Å²) >= 11 is 0. The van der Waals surface area contributed by atoms with Crippen LogP contribution in [0.5, 0.6) is 0 Å². The summed E-state index contributed by atoms with van der Waals surface area (Å²) in [4.78, 5) is 3.17. The Labute approximate surface area is 142 Å². The summed E-state index contributed by atoms with van der Waals surface area (Å²) in [5, 5.41) is 0. The molecule has 24 heavy (non-hydrogen) atoms. The second kappa shape index (κ2) is 6.06. The number of nitrogens with zero attached hydrogens (tertiary/aromatic N) is 2. The smallest absolute Gasteiger partial charge is 0.283 e. The molecule has 0 bridgehead atoms. The van der Waals surface area contributed by atoms with Crippen LogP contribution in [0.2, 0.25) is 0 Å². The lowest BCUT2D eigenvalue weighted by molar-refractivity contribution is 0.291. The van der Waals surface area contributed by atoms with E-state index >= 15 is 0 Å². The van der Waals surface area contributed by atoms with Crippen LogP contribution in [-0.2, 0) is 10.2 Å². The normalized spacial score (nSPS) is 26.4. The van der Waals surface area contributed by atoms with Crippen LogP contribution in [0.25, 0.3) is 0 Å². The number of H-pyrrole nitrogens is 1. The average Bonchev–Trinajstić information content (AvgIpc) is 3.32. The Bertz CT molecular complexity index is 797. The molecule has 0 spiro atoms. The Hall–Kier alpha value is -1.57. The molecule has 2 atom stereocenters. The molecule has 2 aromatic rings. The van der Waals surface area contributed by atoms with Gasteiger partial charge in [0.2, 0.25) is 0 Å². The van der Waals surface area contributed by atoms with Gasteiger partial charge in [-0.15, -0.1) is 0 Å². The maximum Gasteiger partial charge on any atom is 0.283 e. The molecule has 2 aliphatic heterocycles. The van der Waals surface area contributed by atoms with E-state index in [1.54, 1.807) is 8.61 Å². The van der Waals surface area contributed by atoms with Crippen LogP contribution in [0.4, 0.5) is 0 Å². The molecule has 0 aliphatic carbocycles. The number of aryl methyl sites for hydroxylation is 1. The first-order valence-corrected chi connectivity index (χ1v) is 9.95. The van der Waals surface area contributed by atoms with Gasteiger partial charge in [0.05, 0.1) is 12.1 Å². The van der Waals surface area contributed by atoms with E-state index in [4.69, 9.17) is 4.42 Å². The maximum atomic E-state index is 13.3. The third kappa shape index (κ3) is 2.60. The molecule has 7 heteroatoms. The van der Waals surface area contributed by atoms with Crippen molar-refractivity contribution in [1.29, 1.82) is 0 Å². The van der Waals surface area contributed by atoms with E-state index in [0.717, 1.165) is 42.9 Å². The number of furan rings is 1. The minimum atomic E-state index is -3.52. The van der Waals surface area contributed by atoms with E-state index in [-0.39, 0.29) is 12.1 Å². The molecule has 0 amide bonds. The zero-order valence-corrected chi connectivity index (χ0v) is 14.6. The van der Waals surface area contributed by atoms with Crippen molar-refractivity contribution in [3.63, 3.8) is 0 Å². The molecule has 2 fully saturated rings. The highest BCUT2D eigenvalue weighted by Crippen LogP contribution is 2.40. The minimum absolute atomic E-state index is 0.0930. The second-order valence-corrected chi connectivity index (χ2v) is 8.45. The quantitative estimate of drug-likeness (QED) is 0.922. The van der Waals surface area contributed by atoms with Gasteiger partial charge in [-0.25, -0.2) is 0 Å². The zero-order valence-electron chi connectivity index (χ0n) is 13.8. The highest BCUT2D eigenvalue weighted by molar-refractivity contribution is 7.86. The van der Waals surface area contributed by atoms with Gasteiger partial charge in [-0.1, -0.05) is 0 Å². The molecule has 2 saturated heterocycles. The summed E-state index contributed by atoms with van der Waals surface area (Å²) < 4.78 is 35.7. The highest BCUT2D eigenvalue weighted by atomic mass is 32.2. The standard InChI is InChI=1S/C17H23N3O3S/c1-13-8-9-17(23-13)16-7-4-12-20(16)24(21,22)19-11-3-6-15(19)14-5-2-10-18-14/h2,5,8-10,15-16,18H,3-4,6-7,11-12H2,1H3/t15-,16-/m1/s1. The molecule has 0 radical (unpaired) electrons. The Morgan fingerprint density at radius 1 is 1.08 bits per heavy atom. The van der Waals surface area contributed by atoms with Crippen molar-refractivity contribution in [3.05, 3.63) is 47.7 Å². The van der Waals surface area contributed by atoms with Crippen molar-refractivity contribution in [1.82, 2.24) is 13.6 Å². The molecule has 0 saturated carbocycles. The Morgan fingerprint density at radius 3 is 2.42 bits per heavy atom. The Balaban J connectivity index is 1.64. The number of hydrogen-bond donors (Lipinski definition) is 1. The van der Waals surface area contributed by atoms with Crippen molar-refractivity contribution >= 4 is 10.2 Å². The van der Waals surface area contributed by atoms with Gasteiger partial charge in [-0.05, 0) is 56.9 Å². The maximum absolute atomic E-state index is 13.3. The third-order valence-electron chi connectivity index (χ3n) is 5.07. The molecular weight excluding hydrogens is 326 g/mol. The van der Waals surface area contributed by atoms with Gasteiger partial charge < -0.3 is 9.40 Å². The minimum Gasteiger partial charge on any atom is -0.465 e. The van der Waals surface area contributed by atoms with E-state index in [0.29, 0.717) is 13.1 Å². The first-order chi connectivity index (χ1) is 11.6. The fourth-order valence-electron chi connectivity index (χ4n) is 3.95. The van der Waals surface area contributed by atoms with Crippen molar-refractivity contribution in [2.45, 2.75) is 44.7 Å². The molecule has 130 valence electrons. The van der Waals surface area contributed by atoms with Crippen LogP contribution in [0, 0.1) is 6.92 Å². The largest absolute Gasteiger partial charge is 0.465 e. The highest BCUT2D eigenvalue weighted by Gasteiger charge is 2.44. The summed E-state index contributed by atoms with van der Waals surface area (Å²) in [6.07, 6.45) is 5.28. The topological polar surface area (TPSA) is 69.6 Å². The fourth-order valence-corrected chi connectivity index (χ4v) is 6.01. The van der Waals surface area contributed by atoms with Crippen LogP contribution in [0.15, 0.2) is 34.9 Å². The Morgan fingerprint density at radius 2 is 1.79 bits per heavy atom. The lowest BCUT2D eigenvalue weighted by Gasteiger charge is -2.31. The van der Waals surface area contributed by atoms with E-state index < -0.39 is 10.2 Å². The molecule has 0 aromatic carbocycles. The van der Waals surface area contributed by atoms with Crippen LogP contribution in [0.3, 0.4) is 0 Å². The predicted octanol–water partition coefficient (Wildman–Crippen LogP) is 3.13. The van der Waals surface area contributed by atoms with Crippen LogP contribution in [-0.4, -0.2) is 35.1 Å².